The highest BCUT2D eigenvalue weighted by atomic mass is 32.2. The maximum absolute atomic E-state index is 13.3. The summed E-state index contributed by atoms with van der Waals surface area (Å²) in [6.07, 6.45) is -3.90. The van der Waals surface area contributed by atoms with Crippen LogP contribution in [0.5, 0.6) is 0 Å². The normalized spacial score (nSPS) is 11.9. The molecule has 2 aromatic carbocycles. The van der Waals surface area contributed by atoms with Gasteiger partial charge in [0.2, 0.25) is 0 Å². The summed E-state index contributed by atoms with van der Waals surface area (Å²) in [5.74, 6) is -1.04. The van der Waals surface area contributed by atoms with Crippen LogP contribution in [0.15, 0.2) is 47.4 Å². The fourth-order valence-corrected chi connectivity index (χ4v) is 3.77. The molecular weight excluding hydrogens is 465 g/mol. The molecule has 9 nitrogen and oxygen atoms in total. The molecule has 1 heterocycles. The lowest BCUT2D eigenvalue weighted by atomic mass is 10.1. The Morgan fingerprint density at radius 1 is 1.12 bits per heavy atom. The van der Waals surface area contributed by atoms with E-state index in [1.165, 1.54) is 4.68 Å². The van der Waals surface area contributed by atoms with E-state index in [1.807, 2.05) is 0 Å². The van der Waals surface area contributed by atoms with Gasteiger partial charge in [-0.05, 0) is 44.2 Å². The quantitative estimate of drug-likeness (QED) is 0.432. The lowest BCUT2D eigenvalue weighted by molar-refractivity contribution is -0.385. The maximum Gasteiger partial charge on any atom is 0.416 e. The number of halogens is 3. The highest BCUT2D eigenvalue weighted by Gasteiger charge is 2.32. The van der Waals surface area contributed by atoms with Gasteiger partial charge >= 0.3 is 6.18 Å². The number of carbonyl (C=O) groups excluding carboxylic acids is 1. The van der Waals surface area contributed by atoms with Gasteiger partial charge in [0.15, 0.2) is 9.84 Å². The van der Waals surface area contributed by atoms with Crippen LogP contribution in [0.1, 0.15) is 27.3 Å². The van der Waals surface area contributed by atoms with Crippen LogP contribution in [-0.2, 0) is 16.0 Å². The van der Waals surface area contributed by atoms with Crippen LogP contribution in [-0.4, -0.2) is 35.3 Å². The van der Waals surface area contributed by atoms with Gasteiger partial charge in [0.05, 0.1) is 32.5 Å². The molecule has 1 amide bonds. The van der Waals surface area contributed by atoms with Crippen LogP contribution in [0.2, 0.25) is 0 Å². The summed E-state index contributed by atoms with van der Waals surface area (Å²) in [5.41, 5.74) is -1.10. The second-order valence-corrected chi connectivity index (χ2v) is 9.28. The lowest BCUT2D eigenvalue weighted by Crippen LogP contribution is -2.17. The van der Waals surface area contributed by atoms with Gasteiger partial charge < -0.3 is 5.32 Å². The number of aryl methyl sites for hydroxylation is 2. The van der Waals surface area contributed by atoms with Crippen LogP contribution in [0.25, 0.3) is 5.69 Å². The van der Waals surface area contributed by atoms with Gasteiger partial charge in [0, 0.05) is 29.6 Å². The Labute approximate surface area is 185 Å². The number of non-ortho nitro benzene ring substituents is 1. The molecule has 0 atom stereocenters. The number of nitro benzene ring substituents is 1. The van der Waals surface area contributed by atoms with Crippen LogP contribution < -0.4 is 5.32 Å². The highest BCUT2D eigenvalue weighted by molar-refractivity contribution is 7.90. The first-order valence-electron chi connectivity index (χ1n) is 9.22. The van der Waals surface area contributed by atoms with E-state index in [0.717, 1.165) is 36.6 Å². The first-order chi connectivity index (χ1) is 15.2. The first kappa shape index (κ1) is 23.9. The molecule has 0 radical (unpaired) electrons. The summed E-state index contributed by atoms with van der Waals surface area (Å²) in [5, 5.41) is 17.7. The van der Waals surface area contributed by atoms with Crippen LogP contribution in [0.4, 0.5) is 24.5 Å². The minimum Gasteiger partial charge on any atom is -0.320 e. The molecule has 0 spiro atoms. The Morgan fingerprint density at radius 2 is 1.79 bits per heavy atom. The summed E-state index contributed by atoms with van der Waals surface area (Å²) in [6.45, 7) is 3.35. The van der Waals surface area contributed by atoms with Crippen molar-refractivity contribution in [2.24, 2.45) is 0 Å². The zero-order valence-corrected chi connectivity index (χ0v) is 18.3. The summed E-state index contributed by atoms with van der Waals surface area (Å²) < 4.78 is 65.0. The number of carbonyl (C=O) groups is 1. The van der Waals surface area contributed by atoms with Gasteiger partial charge in [-0.25, -0.2) is 13.1 Å². The van der Waals surface area contributed by atoms with Crippen molar-refractivity contribution >= 4 is 27.1 Å². The first-order valence-corrected chi connectivity index (χ1v) is 11.1. The molecule has 0 aliphatic heterocycles. The molecule has 13 heteroatoms. The third-order valence-electron chi connectivity index (χ3n) is 4.60. The second kappa shape index (κ2) is 8.31. The van der Waals surface area contributed by atoms with Crippen molar-refractivity contribution in [3.8, 4) is 5.69 Å². The number of rotatable bonds is 5. The van der Waals surface area contributed by atoms with Crippen molar-refractivity contribution in [3.63, 3.8) is 0 Å². The number of hydrogen-bond acceptors (Lipinski definition) is 6. The van der Waals surface area contributed by atoms with E-state index in [1.54, 1.807) is 19.9 Å². The third-order valence-corrected chi connectivity index (χ3v) is 5.69. The molecule has 0 saturated carbocycles. The predicted octanol–water partition coefficient (Wildman–Crippen LogP) is 4.07. The smallest absolute Gasteiger partial charge is 0.320 e. The molecule has 1 N–H and O–H groups in total. The van der Waals surface area contributed by atoms with Crippen molar-refractivity contribution in [1.82, 2.24) is 9.78 Å². The number of aromatic nitrogens is 2. The molecule has 0 saturated heterocycles. The Bertz CT molecular complexity index is 1380. The minimum absolute atomic E-state index is 0.121. The Morgan fingerprint density at radius 3 is 2.30 bits per heavy atom. The van der Waals surface area contributed by atoms with Gasteiger partial charge in [0.1, 0.15) is 0 Å². The number of anilines is 1. The number of nitrogens with zero attached hydrogens (tertiary/aromatic N) is 3. The summed E-state index contributed by atoms with van der Waals surface area (Å²) >= 11 is 0. The van der Waals surface area contributed by atoms with E-state index in [4.69, 9.17) is 0 Å². The average Bonchev–Trinajstić information content (AvgIpc) is 3.03. The van der Waals surface area contributed by atoms with Crippen molar-refractivity contribution < 1.29 is 31.3 Å². The number of benzene rings is 2. The van der Waals surface area contributed by atoms with Gasteiger partial charge in [0.25, 0.3) is 11.6 Å². The highest BCUT2D eigenvalue weighted by Crippen LogP contribution is 2.34. The zero-order chi connectivity index (χ0) is 24.7. The molecule has 3 aromatic rings. The van der Waals surface area contributed by atoms with E-state index in [9.17, 15) is 36.5 Å². The lowest BCUT2D eigenvalue weighted by Gasteiger charge is -2.16. The molecular formula is C20H17F3N4O5S. The zero-order valence-electron chi connectivity index (χ0n) is 17.5. The molecule has 0 fully saturated rings. The summed E-state index contributed by atoms with van der Waals surface area (Å²) in [6, 6.07) is 6.89. The maximum atomic E-state index is 13.3. The van der Waals surface area contributed by atoms with Crippen molar-refractivity contribution in [3.05, 3.63) is 75.1 Å². The third kappa shape index (κ3) is 5.19. The average molecular weight is 482 g/mol. The molecule has 0 bridgehead atoms. The van der Waals surface area contributed by atoms with E-state index >= 15 is 0 Å². The number of sulfone groups is 1. The fourth-order valence-electron chi connectivity index (χ4n) is 3.10. The molecule has 3 rings (SSSR count). The molecule has 174 valence electrons. The standard InChI is InChI=1S/C20H17F3N4O5S/c1-11-6-12(2)26(25-11)18-5-4-14(20(21,22)23)9-17(18)24-19(28)13-7-15(27(29)30)10-16(8-13)33(3,31)32/h4-10H,1-3H3,(H,24,28). The predicted molar refractivity (Wildman–Crippen MR) is 112 cm³/mol. The molecule has 0 unspecified atom stereocenters. The molecule has 1 aromatic heterocycles. The van der Waals surface area contributed by atoms with Gasteiger partial charge in [-0.2, -0.15) is 18.3 Å². The Balaban J connectivity index is 2.14. The van der Waals surface area contributed by atoms with E-state index < -0.39 is 48.6 Å². The van der Waals surface area contributed by atoms with Crippen LogP contribution in [0.3, 0.4) is 0 Å². The van der Waals surface area contributed by atoms with E-state index in [-0.39, 0.29) is 11.4 Å². The van der Waals surface area contributed by atoms with Gasteiger partial charge in [-0.1, -0.05) is 0 Å². The van der Waals surface area contributed by atoms with Crippen molar-refractivity contribution in [1.29, 1.82) is 0 Å². The SMILES string of the molecule is Cc1cc(C)n(-c2ccc(C(F)(F)F)cc2NC(=O)c2cc([N+](=O)[O-])cc(S(C)(=O)=O)c2)n1. The number of hydrogen-bond donors (Lipinski definition) is 1. The molecule has 0 aliphatic carbocycles. The Kier molecular flexibility index (Phi) is 6.02. The fraction of sp³-hybridized carbons (Fsp3) is 0.200. The number of nitro groups is 1. The van der Waals surface area contributed by atoms with Crippen molar-refractivity contribution in [2.45, 2.75) is 24.9 Å². The van der Waals surface area contributed by atoms with Gasteiger partial charge in [-0.3, -0.25) is 14.9 Å². The minimum atomic E-state index is -4.71. The van der Waals surface area contributed by atoms with E-state index in [2.05, 4.69) is 10.4 Å². The molecule has 33 heavy (non-hydrogen) atoms. The van der Waals surface area contributed by atoms with Crippen LogP contribution in [0, 0.1) is 24.0 Å². The largest absolute Gasteiger partial charge is 0.416 e. The topological polar surface area (TPSA) is 124 Å². The number of alkyl halides is 3. The van der Waals surface area contributed by atoms with Crippen molar-refractivity contribution in [2.75, 3.05) is 11.6 Å². The second-order valence-electron chi connectivity index (χ2n) is 7.27. The molecule has 0 aliphatic rings. The summed E-state index contributed by atoms with van der Waals surface area (Å²) in [7, 11) is -3.92. The Hall–Kier alpha value is -3.74. The van der Waals surface area contributed by atoms with Crippen LogP contribution >= 0.6 is 0 Å². The number of nitrogens with one attached hydrogen (secondary N) is 1. The monoisotopic (exact) mass is 482 g/mol. The number of amides is 1. The summed E-state index contributed by atoms with van der Waals surface area (Å²) in [4.78, 5) is 22.7. The van der Waals surface area contributed by atoms with Gasteiger partial charge in [-0.15, -0.1) is 0 Å². The van der Waals surface area contributed by atoms with E-state index in [0.29, 0.717) is 17.5 Å².